The van der Waals surface area contributed by atoms with E-state index in [-0.39, 0.29) is 28.4 Å². The number of hydrogen-bond acceptors (Lipinski definition) is 5. The highest BCUT2D eigenvalue weighted by Crippen LogP contribution is 2.36. The van der Waals surface area contributed by atoms with Gasteiger partial charge in [-0.25, -0.2) is 14.3 Å². The summed E-state index contributed by atoms with van der Waals surface area (Å²) in [6.07, 6.45) is 4.14. The number of ether oxygens (including phenoxy) is 1. The van der Waals surface area contributed by atoms with Crippen molar-refractivity contribution < 1.29 is 13.9 Å². The summed E-state index contributed by atoms with van der Waals surface area (Å²) in [5.41, 5.74) is 2.16. The van der Waals surface area contributed by atoms with Crippen LogP contribution in [-0.4, -0.2) is 39.3 Å². The first-order chi connectivity index (χ1) is 15.8. The Kier molecular flexibility index (Phi) is 6.33. The van der Waals surface area contributed by atoms with Crippen molar-refractivity contribution in [1.29, 1.82) is 0 Å². The molecule has 8 nitrogen and oxygen atoms in total. The van der Waals surface area contributed by atoms with Gasteiger partial charge in [-0.2, -0.15) is 5.10 Å². The second-order valence-corrected chi connectivity index (χ2v) is 8.29. The van der Waals surface area contributed by atoms with Crippen LogP contribution in [-0.2, 0) is 6.42 Å². The van der Waals surface area contributed by atoms with Crippen molar-refractivity contribution >= 4 is 23.3 Å². The van der Waals surface area contributed by atoms with Crippen LogP contribution >= 0.6 is 11.6 Å². The number of hydrogen-bond donors (Lipinski definition) is 2. The lowest BCUT2D eigenvalue weighted by Crippen LogP contribution is -2.48. The maximum Gasteiger partial charge on any atom is 0.322 e. The molecule has 1 aliphatic rings. The summed E-state index contributed by atoms with van der Waals surface area (Å²) >= 11 is 6.42. The minimum atomic E-state index is -0.633. The number of anilines is 1. The number of nitrogens with zero attached hydrogens (tertiary/aromatic N) is 3. The van der Waals surface area contributed by atoms with Crippen LogP contribution in [0.25, 0.3) is 11.1 Å². The Morgan fingerprint density at radius 1 is 1.33 bits per heavy atom. The molecule has 1 aromatic carbocycles. The fraction of sp³-hybridized carbons (Fsp3) is 0.304. The lowest BCUT2D eigenvalue weighted by Gasteiger charge is -2.40. The number of fused-ring (bicyclic) bond motifs is 1. The van der Waals surface area contributed by atoms with Crippen molar-refractivity contribution in [3.8, 4) is 16.9 Å². The average molecular weight is 472 g/mol. The van der Waals surface area contributed by atoms with Gasteiger partial charge >= 0.3 is 6.03 Å². The number of nitrogens with one attached hydrogen (secondary N) is 2. The Morgan fingerprint density at radius 3 is 2.85 bits per heavy atom. The van der Waals surface area contributed by atoms with E-state index in [2.05, 4.69) is 20.5 Å². The highest BCUT2D eigenvalue weighted by molar-refractivity contribution is 6.33. The van der Waals surface area contributed by atoms with Crippen molar-refractivity contribution in [2.24, 2.45) is 0 Å². The van der Waals surface area contributed by atoms with Crippen molar-refractivity contribution in [3.63, 3.8) is 0 Å². The molecule has 3 aromatic rings. The van der Waals surface area contributed by atoms with E-state index in [0.29, 0.717) is 35.4 Å². The molecule has 2 atom stereocenters. The van der Waals surface area contributed by atoms with Crippen LogP contribution in [0.4, 0.5) is 14.9 Å². The maximum absolute atomic E-state index is 15.0. The molecule has 10 heteroatoms. The first kappa shape index (κ1) is 22.7. The van der Waals surface area contributed by atoms with Crippen LogP contribution in [0, 0.1) is 5.82 Å². The second kappa shape index (κ2) is 9.19. The summed E-state index contributed by atoms with van der Waals surface area (Å²) in [7, 11) is 1.51. The van der Waals surface area contributed by atoms with Crippen LogP contribution in [0.5, 0.6) is 5.75 Å². The topological polar surface area (TPSA) is 100 Å². The number of amides is 2. The molecule has 2 N–H and O–H groups in total. The molecule has 1 unspecified atom stereocenters. The zero-order valence-electron chi connectivity index (χ0n) is 18.4. The van der Waals surface area contributed by atoms with Gasteiger partial charge in [-0.05, 0) is 43.5 Å². The molecular weight excluding hydrogens is 449 g/mol. The Labute approximate surface area is 194 Å². The van der Waals surface area contributed by atoms with Gasteiger partial charge in [0.15, 0.2) is 0 Å². The standard InChI is InChI=1S/C23H23ClFN5O3/c1-4-20-22-13(7-21(31)28-29-22)5-12(2)30(20)23(32)27-19-9-17(24)16(8-18(19)25)14-6-15(33-3)11-26-10-14/h6-12,20H,4-5H2,1-3H3,(H,27,32)(H,28,31)/t12-,20?/m0/s1. The fourth-order valence-corrected chi connectivity index (χ4v) is 4.49. The summed E-state index contributed by atoms with van der Waals surface area (Å²) in [4.78, 5) is 30.6. The summed E-state index contributed by atoms with van der Waals surface area (Å²) < 4.78 is 20.2. The van der Waals surface area contributed by atoms with Gasteiger partial charge in [0.1, 0.15) is 11.6 Å². The van der Waals surface area contributed by atoms with E-state index in [1.54, 1.807) is 17.2 Å². The third-order valence-corrected chi connectivity index (χ3v) is 6.05. The fourth-order valence-electron chi connectivity index (χ4n) is 4.21. The number of aromatic nitrogens is 3. The monoisotopic (exact) mass is 471 g/mol. The molecule has 4 rings (SSSR count). The van der Waals surface area contributed by atoms with Gasteiger partial charge in [0, 0.05) is 29.4 Å². The molecular formula is C23H23ClFN5O3. The van der Waals surface area contributed by atoms with Crippen molar-refractivity contribution in [2.75, 3.05) is 12.4 Å². The number of aromatic amines is 1. The van der Waals surface area contributed by atoms with E-state index in [0.717, 1.165) is 5.56 Å². The van der Waals surface area contributed by atoms with Gasteiger partial charge in [0.25, 0.3) is 5.56 Å². The predicted molar refractivity (Wildman–Crippen MR) is 123 cm³/mol. The molecule has 33 heavy (non-hydrogen) atoms. The number of methoxy groups -OCH3 is 1. The number of benzene rings is 1. The first-order valence-electron chi connectivity index (χ1n) is 10.5. The molecule has 0 saturated heterocycles. The van der Waals surface area contributed by atoms with Gasteiger partial charge in [-0.3, -0.25) is 9.78 Å². The second-order valence-electron chi connectivity index (χ2n) is 7.88. The van der Waals surface area contributed by atoms with Crippen molar-refractivity contribution in [2.45, 2.75) is 38.8 Å². The molecule has 172 valence electrons. The average Bonchev–Trinajstić information content (AvgIpc) is 2.79. The van der Waals surface area contributed by atoms with Crippen molar-refractivity contribution in [1.82, 2.24) is 20.1 Å². The van der Waals surface area contributed by atoms with Crippen LogP contribution in [0.2, 0.25) is 5.02 Å². The summed E-state index contributed by atoms with van der Waals surface area (Å²) in [6, 6.07) is 4.80. The maximum atomic E-state index is 15.0. The normalized spacial score (nSPS) is 17.4. The summed E-state index contributed by atoms with van der Waals surface area (Å²) in [5, 5.41) is 9.51. The summed E-state index contributed by atoms with van der Waals surface area (Å²) in [6.45, 7) is 3.81. The Balaban J connectivity index is 1.62. The molecule has 0 radical (unpaired) electrons. The first-order valence-corrected chi connectivity index (χ1v) is 10.9. The lowest BCUT2D eigenvalue weighted by atomic mass is 9.92. The molecule has 2 aromatic heterocycles. The number of H-pyrrole nitrogens is 1. The highest BCUT2D eigenvalue weighted by Gasteiger charge is 2.36. The molecule has 3 heterocycles. The lowest BCUT2D eigenvalue weighted by molar-refractivity contribution is 0.145. The number of carbonyl (C=O) groups excluding carboxylic acids is 1. The zero-order chi connectivity index (χ0) is 23.7. The van der Waals surface area contributed by atoms with E-state index in [4.69, 9.17) is 16.3 Å². The van der Waals surface area contributed by atoms with Gasteiger partial charge in [-0.15, -0.1) is 0 Å². The van der Waals surface area contributed by atoms with Gasteiger partial charge in [0.05, 0.1) is 35.8 Å². The minimum Gasteiger partial charge on any atom is -0.495 e. The molecule has 2 amide bonds. The molecule has 1 aliphatic heterocycles. The SMILES string of the molecule is CCC1c2n[nH]c(=O)cc2C[C@H](C)N1C(=O)Nc1cc(Cl)c(-c2cncc(OC)c2)cc1F. The van der Waals surface area contributed by atoms with E-state index in [1.807, 2.05) is 13.8 Å². The molecule has 0 fully saturated rings. The van der Waals surface area contributed by atoms with Crippen LogP contribution in [0.1, 0.15) is 37.6 Å². The summed E-state index contributed by atoms with van der Waals surface area (Å²) in [5.74, 6) is -0.118. The minimum absolute atomic E-state index is 0.0353. The number of rotatable bonds is 4. The third kappa shape index (κ3) is 4.41. The third-order valence-electron chi connectivity index (χ3n) is 5.74. The zero-order valence-corrected chi connectivity index (χ0v) is 19.1. The van der Waals surface area contributed by atoms with Gasteiger partial charge in [-0.1, -0.05) is 18.5 Å². The van der Waals surface area contributed by atoms with Crippen LogP contribution in [0.15, 0.2) is 41.5 Å². The Bertz CT molecular complexity index is 1270. The molecule has 0 saturated carbocycles. The van der Waals surface area contributed by atoms with Gasteiger partial charge < -0.3 is 15.0 Å². The largest absolute Gasteiger partial charge is 0.495 e. The van der Waals surface area contributed by atoms with E-state index in [9.17, 15) is 14.0 Å². The smallest absolute Gasteiger partial charge is 0.322 e. The van der Waals surface area contributed by atoms with Crippen LogP contribution < -0.4 is 15.6 Å². The molecule has 0 spiro atoms. The molecule has 0 bridgehead atoms. The number of carbonyl (C=O) groups is 1. The predicted octanol–water partition coefficient (Wildman–Crippen LogP) is 4.56. The van der Waals surface area contributed by atoms with E-state index >= 15 is 0 Å². The number of pyridine rings is 1. The number of halogens is 2. The Hall–Kier alpha value is -3.46. The quantitative estimate of drug-likeness (QED) is 0.581. The van der Waals surface area contributed by atoms with Crippen LogP contribution in [0.3, 0.4) is 0 Å². The Morgan fingerprint density at radius 2 is 2.12 bits per heavy atom. The number of urea groups is 1. The van der Waals surface area contributed by atoms with Crippen molar-refractivity contribution in [3.05, 3.63) is 69.1 Å². The molecule has 0 aliphatic carbocycles. The van der Waals surface area contributed by atoms with Gasteiger partial charge in [0.2, 0.25) is 0 Å². The highest BCUT2D eigenvalue weighted by atomic mass is 35.5. The van der Waals surface area contributed by atoms with E-state index in [1.165, 1.54) is 31.5 Å². The van der Waals surface area contributed by atoms with E-state index < -0.39 is 11.8 Å².